The average Bonchev–Trinajstić information content (AvgIpc) is 2.92. The second kappa shape index (κ2) is 5.16. The Hall–Kier alpha value is -1.92. The lowest BCUT2D eigenvalue weighted by molar-refractivity contribution is 0.0537. The van der Waals surface area contributed by atoms with Crippen molar-refractivity contribution in [2.75, 3.05) is 5.32 Å². The largest absolute Gasteiger partial charge is 0.377 e. The number of halogens is 2. The summed E-state index contributed by atoms with van der Waals surface area (Å²) in [5.74, 6) is 0. The van der Waals surface area contributed by atoms with Crippen LogP contribution in [0.5, 0.6) is 0 Å². The summed E-state index contributed by atoms with van der Waals surface area (Å²) in [6, 6.07) is 1.57. The van der Waals surface area contributed by atoms with E-state index in [4.69, 9.17) is 0 Å². The van der Waals surface area contributed by atoms with Gasteiger partial charge in [0, 0.05) is 18.9 Å². The highest BCUT2D eigenvalue weighted by Crippen LogP contribution is 2.16. The summed E-state index contributed by atoms with van der Waals surface area (Å²) in [5, 5.41) is 10.9. The van der Waals surface area contributed by atoms with E-state index in [1.165, 1.54) is 6.20 Å². The van der Waals surface area contributed by atoms with Crippen LogP contribution in [0.15, 0.2) is 18.5 Å². The molecule has 0 saturated carbocycles. The lowest BCUT2D eigenvalue weighted by Gasteiger charge is -2.07. The van der Waals surface area contributed by atoms with Gasteiger partial charge in [-0.15, -0.1) is 0 Å². The molecule has 0 aliphatic rings. The minimum absolute atomic E-state index is 0.292. The molecular weight excluding hydrogens is 240 g/mol. The molecule has 0 atom stereocenters. The average molecular weight is 255 g/mol. The van der Waals surface area contributed by atoms with E-state index in [-0.39, 0.29) is 0 Å². The normalized spacial score (nSPS) is 11.2. The van der Waals surface area contributed by atoms with Gasteiger partial charge in [-0.05, 0) is 19.9 Å². The lowest BCUT2D eigenvalue weighted by atomic mass is 10.3. The van der Waals surface area contributed by atoms with Gasteiger partial charge in [0.1, 0.15) is 0 Å². The fourth-order valence-corrected chi connectivity index (χ4v) is 1.70. The third-order valence-electron chi connectivity index (χ3n) is 2.67. The maximum Gasteiger partial charge on any atom is 0.333 e. The number of aryl methyl sites for hydroxylation is 2. The van der Waals surface area contributed by atoms with E-state index in [0.29, 0.717) is 16.9 Å². The smallest absolute Gasteiger partial charge is 0.333 e. The molecule has 98 valence electrons. The van der Waals surface area contributed by atoms with Crippen molar-refractivity contribution in [3.63, 3.8) is 0 Å². The Kier molecular flexibility index (Phi) is 3.59. The minimum atomic E-state index is -2.61. The van der Waals surface area contributed by atoms with Gasteiger partial charge in [-0.25, -0.2) is 4.68 Å². The SMILES string of the molecule is CCn1cc(NCc2ccnn2C(F)F)c(C)n1. The number of nitrogens with zero attached hydrogens (tertiary/aromatic N) is 4. The molecule has 0 fully saturated rings. The molecule has 7 heteroatoms. The first-order valence-corrected chi connectivity index (χ1v) is 5.70. The fourth-order valence-electron chi connectivity index (χ4n) is 1.70. The van der Waals surface area contributed by atoms with Crippen molar-refractivity contribution in [2.45, 2.75) is 33.5 Å². The number of hydrogen-bond acceptors (Lipinski definition) is 3. The van der Waals surface area contributed by atoms with E-state index in [1.807, 2.05) is 20.0 Å². The lowest BCUT2D eigenvalue weighted by Crippen LogP contribution is -2.09. The molecule has 2 heterocycles. The van der Waals surface area contributed by atoms with Gasteiger partial charge in [-0.3, -0.25) is 4.68 Å². The van der Waals surface area contributed by atoms with Crippen LogP contribution in [-0.4, -0.2) is 19.6 Å². The maximum atomic E-state index is 12.6. The molecule has 0 aliphatic heterocycles. The molecule has 2 aromatic rings. The maximum absolute atomic E-state index is 12.6. The van der Waals surface area contributed by atoms with Gasteiger partial charge in [0.2, 0.25) is 0 Å². The predicted molar refractivity (Wildman–Crippen MR) is 63.4 cm³/mol. The summed E-state index contributed by atoms with van der Waals surface area (Å²) in [5.41, 5.74) is 2.13. The van der Waals surface area contributed by atoms with E-state index in [0.717, 1.165) is 17.9 Å². The molecule has 0 unspecified atom stereocenters. The van der Waals surface area contributed by atoms with Crippen molar-refractivity contribution < 1.29 is 8.78 Å². The van der Waals surface area contributed by atoms with Crippen LogP contribution < -0.4 is 5.32 Å². The number of anilines is 1. The second-order valence-corrected chi connectivity index (χ2v) is 3.88. The number of nitrogens with one attached hydrogen (secondary N) is 1. The monoisotopic (exact) mass is 255 g/mol. The van der Waals surface area contributed by atoms with Crippen LogP contribution in [0.2, 0.25) is 0 Å². The number of rotatable bonds is 5. The molecule has 0 aromatic carbocycles. The summed E-state index contributed by atoms with van der Waals surface area (Å²) in [6.45, 7) is 2.32. The van der Waals surface area contributed by atoms with Gasteiger partial charge < -0.3 is 5.32 Å². The summed E-state index contributed by atoms with van der Waals surface area (Å²) in [4.78, 5) is 0. The van der Waals surface area contributed by atoms with Crippen LogP contribution in [0.1, 0.15) is 24.9 Å². The molecule has 0 bridgehead atoms. The summed E-state index contributed by atoms with van der Waals surface area (Å²) >= 11 is 0. The Bertz CT molecular complexity index is 517. The highest BCUT2D eigenvalue weighted by atomic mass is 19.3. The highest BCUT2D eigenvalue weighted by molar-refractivity contribution is 5.45. The summed E-state index contributed by atoms with van der Waals surface area (Å²) < 4.78 is 27.7. The number of aromatic nitrogens is 4. The van der Waals surface area contributed by atoms with E-state index in [9.17, 15) is 8.78 Å². The second-order valence-electron chi connectivity index (χ2n) is 3.88. The topological polar surface area (TPSA) is 47.7 Å². The molecule has 0 amide bonds. The third-order valence-corrected chi connectivity index (χ3v) is 2.67. The Balaban J connectivity index is 2.06. The molecule has 0 aliphatic carbocycles. The summed E-state index contributed by atoms with van der Waals surface area (Å²) in [6.07, 6.45) is 3.23. The van der Waals surface area contributed by atoms with Crippen molar-refractivity contribution >= 4 is 5.69 Å². The zero-order valence-corrected chi connectivity index (χ0v) is 10.3. The molecule has 0 radical (unpaired) electrons. The van der Waals surface area contributed by atoms with Crippen LogP contribution in [0, 0.1) is 6.92 Å². The summed E-state index contributed by atoms with van der Waals surface area (Å²) in [7, 11) is 0. The first kappa shape index (κ1) is 12.5. The first-order chi connectivity index (χ1) is 8.61. The van der Waals surface area contributed by atoms with Gasteiger partial charge >= 0.3 is 6.55 Å². The Morgan fingerprint density at radius 2 is 2.22 bits per heavy atom. The van der Waals surface area contributed by atoms with E-state index in [2.05, 4.69) is 15.5 Å². The molecule has 0 spiro atoms. The zero-order chi connectivity index (χ0) is 13.1. The van der Waals surface area contributed by atoms with E-state index >= 15 is 0 Å². The Labute approximate surface area is 103 Å². The molecule has 5 nitrogen and oxygen atoms in total. The Morgan fingerprint density at radius 1 is 1.44 bits per heavy atom. The molecular formula is C11H15F2N5. The third kappa shape index (κ3) is 2.49. The molecule has 18 heavy (non-hydrogen) atoms. The van der Waals surface area contributed by atoms with Gasteiger partial charge in [-0.1, -0.05) is 0 Å². The highest BCUT2D eigenvalue weighted by Gasteiger charge is 2.12. The van der Waals surface area contributed by atoms with Gasteiger partial charge in [0.25, 0.3) is 0 Å². The van der Waals surface area contributed by atoms with E-state index < -0.39 is 6.55 Å². The van der Waals surface area contributed by atoms with Crippen LogP contribution in [-0.2, 0) is 13.1 Å². The standard InChI is InChI=1S/C11H15F2N5/c1-3-17-7-10(8(2)16-17)14-6-9-4-5-15-18(9)11(12)13/h4-5,7,11,14H,3,6H2,1-2H3. The van der Waals surface area contributed by atoms with Gasteiger partial charge in [-0.2, -0.15) is 19.0 Å². The first-order valence-electron chi connectivity index (χ1n) is 5.70. The van der Waals surface area contributed by atoms with Crippen LogP contribution in [0.3, 0.4) is 0 Å². The molecule has 2 aromatic heterocycles. The minimum Gasteiger partial charge on any atom is -0.377 e. The van der Waals surface area contributed by atoms with Crippen LogP contribution in [0.4, 0.5) is 14.5 Å². The number of hydrogen-bond donors (Lipinski definition) is 1. The van der Waals surface area contributed by atoms with Gasteiger partial charge in [0.05, 0.1) is 23.6 Å². The predicted octanol–water partition coefficient (Wildman–Crippen LogP) is 2.42. The number of alkyl halides is 2. The molecule has 2 rings (SSSR count). The van der Waals surface area contributed by atoms with Crippen molar-refractivity contribution in [1.29, 1.82) is 0 Å². The molecule has 1 N–H and O–H groups in total. The van der Waals surface area contributed by atoms with Crippen molar-refractivity contribution in [2.24, 2.45) is 0 Å². The molecule has 0 saturated heterocycles. The van der Waals surface area contributed by atoms with Crippen molar-refractivity contribution in [3.8, 4) is 0 Å². The van der Waals surface area contributed by atoms with Crippen LogP contribution in [0.25, 0.3) is 0 Å². The van der Waals surface area contributed by atoms with Crippen molar-refractivity contribution in [1.82, 2.24) is 19.6 Å². The van der Waals surface area contributed by atoms with Crippen LogP contribution >= 0.6 is 0 Å². The van der Waals surface area contributed by atoms with Crippen molar-refractivity contribution in [3.05, 3.63) is 29.8 Å². The van der Waals surface area contributed by atoms with Gasteiger partial charge in [0.15, 0.2) is 0 Å². The van der Waals surface area contributed by atoms with E-state index in [1.54, 1.807) is 10.7 Å². The fraction of sp³-hybridized carbons (Fsp3) is 0.455. The zero-order valence-electron chi connectivity index (χ0n) is 10.3. The quantitative estimate of drug-likeness (QED) is 0.892. The Morgan fingerprint density at radius 3 is 2.83 bits per heavy atom.